The van der Waals surface area contributed by atoms with Crippen molar-refractivity contribution in [3.8, 4) is 0 Å². The summed E-state index contributed by atoms with van der Waals surface area (Å²) in [5.74, 6) is -0.0112. The first-order valence-electron chi connectivity index (χ1n) is 15.2. The van der Waals surface area contributed by atoms with Crippen LogP contribution < -0.4 is 21.3 Å². The summed E-state index contributed by atoms with van der Waals surface area (Å²) in [6.45, 7) is 15.2. The van der Waals surface area contributed by atoms with Gasteiger partial charge in [0.05, 0.1) is 38.6 Å². The molecular formula is C30H58N4O7. The normalized spacial score (nSPS) is 13.0. The maximum Gasteiger partial charge on any atom is 0.222 e. The van der Waals surface area contributed by atoms with E-state index in [-0.39, 0.29) is 80.3 Å². The van der Waals surface area contributed by atoms with Crippen molar-refractivity contribution in [1.82, 2.24) is 21.3 Å². The van der Waals surface area contributed by atoms with E-state index in [0.29, 0.717) is 45.9 Å². The number of carbonyl (C=O) groups excluding carboxylic acids is 4. The molecule has 0 saturated carbocycles. The number of rotatable bonds is 27. The smallest absolute Gasteiger partial charge is 0.222 e. The molecule has 0 saturated heterocycles. The molecule has 0 aromatic carbocycles. The minimum Gasteiger partial charge on any atom is -0.379 e. The number of likely N-dealkylation sites (N-methyl/N-ethyl adjacent to an activating group) is 1. The fourth-order valence-electron chi connectivity index (χ4n) is 3.88. The Labute approximate surface area is 248 Å². The summed E-state index contributed by atoms with van der Waals surface area (Å²) in [6.07, 6.45) is 2.60. The summed E-state index contributed by atoms with van der Waals surface area (Å²) in [5, 5.41) is 12.2. The molecular weight excluding hydrogens is 528 g/mol. The van der Waals surface area contributed by atoms with Gasteiger partial charge in [-0.25, -0.2) is 0 Å². The van der Waals surface area contributed by atoms with Crippen LogP contribution in [-0.2, 0) is 33.4 Å². The molecule has 0 fully saturated rings. The van der Waals surface area contributed by atoms with Crippen LogP contribution >= 0.6 is 0 Å². The molecule has 1 unspecified atom stereocenters. The Hall–Kier alpha value is -1.92. The zero-order valence-corrected chi connectivity index (χ0v) is 26.7. The van der Waals surface area contributed by atoms with E-state index in [1.165, 1.54) is 0 Å². The highest BCUT2D eigenvalue weighted by molar-refractivity contribution is 5.85. The van der Waals surface area contributed by atoms with Gasteiger partial charge in [-0.1, -0.05) is 41.5 Å². The quantitative estimate of drug-likeness (QED) is 0.106. The number of hydrogen-bond donors (Lipinski definition) is 4. The fourth-order valence-corrected chi connectivity index (χ4v) is 3.88. The van der Waals surface area contributed by atoms with Crippen molar-refractivity contribution in [3.05, 3.63) is 0 Å². The highest BCUT2D eigenvalue weighted by Crippen LogP contribution is 2.12. The van der Waals surface area contributed by atoms with Crippen LogP contribution in [-0.4, -0.2) is 101 Å². The van der Waals surface area contributed by atoms with Crippen molar-refractivity contribution in [3.63, 3.8) is 0 Å². The number of Topliss-reactive ketones (excluding diaryl/α,β-unsaturated/α-hetero) is 2. The number of carbonyl (C=O) groups is 4. The largest absolute Gasteiger partial charge is 0.379 e. The molecule has 0 aliphatic rings. The second-order valence-corrected chi connectivity index (χ2v) is 11.5. The number of amides is 2. The third-order valence-electron chi connectivity index (χ3n) is 6.32. The predicted octanol–water partition coefficient (Wildman–Crippen LogP) is 2.02. The van der Waals surface area contributed by atoms with E-state index in [2.05, 4.69) is 21.3 Å². The molecule has 41 heavy (non-hydrogen) atoms. The predicted molar refractivity (Wildman–Crippen MR) is 161 cm³/mol. The van der Waals surface area contributed by atoms with Crippen LogP contribution in [0.15, 0.2) is 0 Å². The number of ether oxygens (including phenoxy) is 3. The number of unbranched alkanes of at least 4 members (excludes halogenated alkanes) is 1. The molecule has 11 heteroatoms. The van der Waals surface area contributed by atoms with Crippen LogP contribution in [0.5, 0.6) is 0 Å². The molecule has 4 N–H and O–H groups in total. The van der Waals surface area contributed by atoms with Gasteiger partial charge in [0.25, 0.3) is 0 Å². The zero-order valence-electron chi connectivity index (χ0n) is 26.7. The molecule has 11 nitrogen and oxygen atoms in total. The Bertz CT molecular complexity index is 746. The first-order valence-corrected chi connectivity index (χ1v) is 15.2. The first kappa shape index (κ1) is 39.1. The van der Waals surface area contributed by atoms with Gasteiger partial charge in [-0.15, -0.1) is 0 Å². The summed E-state index contributed by atoms with van der Waals surface area (Å²) >= 11 is 0. The van der Waals surface area contributed by atoms with Crippen molar-refractivity contribution in [2.24, 2.45) is 11.8 Å². The maximum absolute atomic E-state index is 12.0. The van der Waals surface area contributed by atoms with E-state index in [1.54, 1.807) is 0 Å². The lowest BCUT2D eigenvalue weighted by Crippen LogP contribution is -2.59. The van der Waals surface area contributed by atoms with Gasteiger partial charge in [-0.2, -0.15) is 0 Å². The molecule has 0 aliphatic heterocycles. The highest BCUT2D eigenvalue weighted by Gasteiger charge is 2.32. The van der Waals surface area contributed by atoms with Gasteiger partial charge in [0, 0.05) is 69.8 Å². The molecule has 0 spiro atoms. The standard InChI is InChI=1S/C30H58N4O7/c1-23(2)26(35)10-11-28(37)32-14-8-9-17-39-20-30(34-25(5)6,21-40-18-12-27(36)24(3)4)22-41-19-13-29(38)33-16-15-31-7/h23-25,31,34H,8-22H2,1-7H3,(H,32,37)(H,33,38). The monoisotopic (exact) mass is 586 g/mol. The Kier molecular flexibility index (Phi) is 22.5. The van der Waals surface area contributed by atoms with Crippen LogP contribution in [0.4, 0.5) is 0 Å². The van der Waals surface area contributed by atoms with Crippen LogP contribution in [0.2, 0.25) is 0 Å². The molecule has 2 amide bonds. The van der Waals surface area contributed by atoms with Crippen LogP contribution in [0.1, 0.15) is 80.1 Å². The lowest BCUT2D eigenvalue weighted by Gasteiger charge is -2.36. The van der Waals surface area contributed by atoms with E-state index in [0.717, 1.165) is 12.8 Å². The van der Waals surface area contributed by atoms with Crippen molar-refractivity contribution in [1.29, 1.82) is 0 Å². The van der Waals surface area contributed by atoms with Crippen molar-refractivity contribution in [2.45, 2.75) is 91.6 Å². The van der Waals surface area contributed by atoms with Gasteiger partial charge in [0.1, 0.15) is 11.6 Å². The van der Waals surface area contributed by atoms with Crippen molar-refractivity contribution in [2.75, 3.05) is 66.3 Å². The minimum absolute atomic E-state index is 0.0321. The summed E-state index contributed by atoms with van der Waals surface area (Å²) in [5.41, 5.74) is -0.658. The first-order chi connectivity index (χ1) is 19.4. The van der Waals surface area contributed by atoms with Gasteiger partial charge in [0.2, 0.25) is 11.8 Å². The van der Waals surface area contributed by atoms with E-state index in [9.17, 15) is 19.2 Å². The average Bonchev–Trinajstić information content (AvgIpc) is 2.91. The lowest BCUT2D eigenvalue weighted by molar-refractivity contribution is -0.126. The molecule has 0 radical (unpaired) electrons. The SMILES string of the molecule is CNCCNC(=O)CCOCC(COCCCCNC(=O)CCC(=O)C(C)C)(COCCC(=O)C(C)C)NC(C)C. The molecule has 1 atom stereocenters. The number of hydrogen-bond acceptors (Lipinski definition) is 9. The summed E-state index contributed by atoms with van der Waals surface area (Å²) in [6, 6.07) is 0.116. The Morgan fingerprint density at radius 2 is 1.12 bits per heavy atom. The van der Waals surface area contributed by atoms with Crippen LogP contribution in [0, 0.1) is 11.8 Å². The van der Waals surface area contributed by atoms with Crippen molar-refractivity contribution < 1.29 is 33.4 Å². The second kappa shape index (κ2) is 23.6. The highest BCUT2D eigenvalue weighted by atomic mass is 16.5. The Morgan fingerprint density at radius 3 is 1.68 bits per heavy atom. The van der Waals surface area contributed by atoms with Gasteiger partial charge in [0.15, 0.2) is 0 Å². The van der Waals surface area contributed by atoms with E-state index in [1.807, 2.05) is 48.6 Å². The molecule has 0 bridgehead atoms. The van der Waals surface area contributed by atoms with E-state index < -0.39 is 5.54 Å². The fraction of sp³-hybridized carbons (Fsp3) is 0.867. The van der Waals surface area contributed by atoms with Gasteiger partial charge in [-0.3, -0.25) is 19.2 Å². The van der Waals surface area contributed by atoms with Gasteiger partial charge >= 0.3 is 0 Å². The Morgan fingerprint density at radius 1 is 0.610 bits per heavy atom. The average molecular weight is 587 g/mol. The third-order valence-corrected chi connectivity index (χ3v) is 6.32. The number of ketones is 2. The topological polar surface area (TPSA) is 144 Å². The van der Waals surface area contributed by atoms with E-state index >= 15 is 0 Å². The van der Waals surface area contributed by atoms with Gasteiger partial charge in [-0.05, 0) is 19.9 Å². The summed E-state index contributed by atoms with van der Waals surface area (Å²) in [7, 11) is 1.83. The summed E-state index contributed by atoms with van der Waals surface area (Å²) < 4.78 is 17.9. The van der Waals surface area contributed by atoms with Crippen molar-refractivity contribution >= 4 is 23.4 Å². The Balaban J connectivity index is 4.79. The van der Waals surface area contributed by atoms with Crippen LogP contribution in [0.3, 0.4) is 0 Å². The molecule has 0 aromatic rings. The molecule has 240 valence electrons. The summed E-state index contributed by atoms with van der Waals surface area (Å²) in [4.78, 5) is 47.7. The zero-order chi connectivity index (χ0) is 31.1. The molecule has 0 rings (SSSR count). The number of nitrogens with one attached hydrogen (secondary N) is 4. The van der Waals surface area contributed by atoms with Crippen LogP contribution in [0.25, 0.3) is 0 Å². The minimum atomic E-state index is -0.658. The second-order valence-electron chi connectivity index (χ2n) is 11.5. The third kappa shape index (κ3) is 21.4. The van der Waals surface area contributed by atoms with Gasteiger partial charge < -0.3 is 35.5 Å². The van der Waals surface area contributed by atoms with E-state index in [4.69, 9.17) is 14.2 Å². The molecule has 0 aromatic heterocycles. The molecule has 0 heterocycles. The maximum atomic E-state index is 12.0. The molecule has 0 aliphatic carbocycles. The lowest BCUT2D eigenvalue weighted by atomic mass is 10.0.